The SMILES string of the molecule is CCOc1ccc(CCNC(=O)NC(C)Oc2ccc(Cl)cc2)cc1OCC. The fraction of sp³-hybridized carbons (Fsp3) is 0.381. The first-order valence-electron chi connectivity index (χ1n) is 9.37. The van der Waals surface area contributed by atoms with E-state index in [0.29, 0.717) is 37.0 Å². The van der Waals surface area contributed by atoms with Crippen molar-refractivity contribution in [1.29, 1.82) is 0 Å². The summed E-state index contributed by atoms with van der Waals surface area (Å²) in [6, 6.07) is 12.5. The molecule has 2 amide bonds. The lowest BCUT2D eigenvalue weighted by Crippen LogP contribution is -2.43. The van der Waals surface area contributed by atoms with Gasteiger partial charge in [-0.05, 0) is 69.2 Å². The summed E-state index contributed by atoms with van der Waals surface area (Å²) in [7, 11) is 0. The zero-order valence-corrected chi connectivity index (χ0v) is 17.2. The Kier molecular flexibility index (Phi) is 8.75. The maximum absolute atomic E-state index is 12.0. The predicted octanol–water partition coefficient (Wildman–Crippen LogP) is 4.40. The van der Waals surface area contributed by atoms with Crippen molar-refractivity contribution >= 4 is 17.6 Å². The first-order chi connectivity index (χ1) is 13.5. The van der Waals surface area contributed by atoms with Gasteiger partial charge < -0.3 is 24.8 Å². The molecule has 0 saturated carbocycles. The van der Waals surface area contributed by atoms with Gasteiger partial charge in [0.1, 0.15) is 5.75 Å². The molecule has 0 spiro atoms. The van der Waals surface area contributed by atoms with Crippen LogP contribution < -0.4 is 24.8 Å². The molecule has 1 atom stereocenters. The average molecular weight is 407 g/mol. The molecule has 0 aliphatic carbocycles. The van der Waals surface area contributed by atoms with Crippen molar-refractivity contribution in [2.75, 3.05) is 19.8 Å². The van der Waals surface area contributed by atoms with Crippen molar-refractivity contribution in [2.45, 2.75) is 33.4 Å². The summed E-state index contributed by atoms with van der Waals surface area (Å²) >= 11 is 5.84. The Labute approximate surface area is 171 Å². The van der Waals surface area contributed by atoms with Crippen LogP contribution in [0.15, 0.2) is 42.5 Å². The molecule has 2 N–H and O–H groups in total. The minimum atomic E-state index is -0.476. The van der Waals surface area contributed by atoms with Crippen molar-refractivity contribution < 1.29 is 19.0 Å². The minimum Gasteiger partial charge on any atom is -0.490 e. The van der Waals surface area contributed by atoms with Crippen LogP contribution in [0.1, 0.15) is 26.3 Å². The van der Waals surface area contributed by atoms with Crippen LogP contribution >= 0.6 is 11.6 Å². The molecular weight excluding hydrogens is 380 g/mol. The molecule has 0 fully saturated rings. The molecule has 0 bridgehead atoms. The number of urea groups is 1. The van der Waals surface area contributed by atoms with Crippen molar-refractivity contribution in [1.82, 2.24) is 10.6 Å². The number of carbonyl (C=O) groups is 1. The molecule has 0 saturated heterocycles. The largest absolute Gasteiger partial charge is 0.490 e. The van der Waals surface area contributed by atoms with E-state index in [0.717, 1.165) is 17.1 Å². The van der Waals surface area contributed by atoms with Crippen LogP contribution in [-0.4, -0.2) is 32.0 Å². The second-order valence-electron chi connectivity index (χ2n) is 6.01. The van der Waals surface area contributed by atoms with Gasteiger partial charge in [0.2, 0.25) is 0 Å². The van der Waals surface area contributed by atoms with Gasteiger partial charge in [-0.25, -0.2) is 4.79 Å². The lowest BCUT2D eigenvalue weighted by atomic mass is 10.1. The normalized spacial score (nSPS) is 11.4. The Morgan fingerprint density at radius 3 is 2.39 bits per heavy atom. The zero-order valence-electron chi connectivity index (χ0n) is 16.5. The standard InChI is InChI=1S/C21H27ClN2O4/c1-4-26-19-11-6-16(14-20(19)27-5-2)12-13-23-21(25)24-15(3)28-18-9-7-17(22)8-10-18/h6-11,14-15H,4-5,12-13H2,1-3H3,(H2,23,24,25). The molecule has 2 aromatic rings. The van der Waals surface area contributed by atoms with Gasteiger partial charge in [0.25, 0.3) is 0 Å². The molecule has 7 heteroatoms. The summed E-state index contributed by atoms with van der Waals surface area (Å²) in [5, 5.41) is 6.19. The van der Waals surface area contributed by atoms with Gasteiger partial charge in [-0.1, -0.05) is 17.7 Å². The van der Waals surface area contributed by atoms with Gasteiger partial charge in [-0.2, -0.15) is 0 Å². The number of hydrogen-bond donors (Lipinski definition) is 2. The first-order valence-corrected chi connectivity index (χ1v) is 9.74. The van der Waals surface area contributed by atoms with E-state index in [1.165, 1.54) is 0 Å². The summed E-state index contributed by atoms with van der Waals surface area (Å²) < 4.78 is 16.8. The number of ether oxygens (including phenoxy) is 3. The Balaban J connectivity index is 1.78. The van der Waals surface area contributed by atoms with E-state index in [1.54, 1.807) is 31.2 Å². The summed E-state index contributed by atoms with van der Waals surface area (Å²) in [6.45, 7) is 7.26. The summed E-state index contributed by atoms with van der Waals surface area (Å²) in [6.07, 6.45) is 0.197. The van der Waals surface area contributed by atoms with Crippen molar-refractivity contribution in [3.63, 3.8) is 0 Å². The number of rotatable bonds is 10. The molecule has 6 nitrogen and oxygen atoms in total. The van der Waals surface area contributed by atoms with Crippen molar-refractivity contribution in [2.24, 2.45) is 0 Å². The molecule has 1 unspecified atom stereocenters. The zero-order chi connectivity index (χ0) is 20.4. The summed E-state index contributed by atoms with van der Waals surface area (Å²) in [5.74, 6) is 2.08. The number of benzene rings is 2. The van der Waals surface area contributed by atoms with Gasteiger partial charge in [-0.3, -0.25) is 0 Å². The highest BCUT2D eigenvalue weighted by atomic mass is 35.5. The van der Waals surface area contributed by atoms with Gasteiger partial charge in [0.15, 0.2) is 17.7 Å². The number of nitrogens with one attached hydrogen (secondary N) is 2. The summed E-state index contributed by atoms with van der Waals surface area (Å²) in [4.78, 5) is 12.0. The van der Waals surface area contributed by atoms with Gasteiger partial charge in [0.05, 0.1) is 13.2 Å². The Morgan fingerprint density at radius 1 is 1.04 bits per heavy atom. The van der Waals surface area contributed by atoms with Crippen molar-refractivity contribution in [3.05, 3.63) is 53.1 Å². The summed E-state index contributed by atoms with van der Waals surface area (Å²) in [5.41, 5.74) is 1.05. The van der Waals surface area contributed by atoms with E-state index in [1.807, 2.05) is 32.0 Å². The molecule has 0 radical (unpaired) electrons. The Bertz CT molecular complexity index is 753. The quantitative estimate of drug-likeness (QED) is 0.573. The van der Waals surface area contributed by atoms with Gasteiger partial charge in [0, 0.05) is 11.6 Å². The lowest BCUT2D eigenvalue weighted by Gasteiger charge is -2.17. The van der Waals surface area contributed by atoms with Crippen LogP contribution in [0, 0.1) is 0 Å². The Hall–Kier alpha value is -2.60. The molecule has 0 aliphatic rings. The smallest absolute Gasteiger partial charge is 0.317 e. The van der Waals surface area contributed by atoms with Gasteiger partial charge >= 0.3 is 6.03 Å². The minimum absolute atomic E-state index is 0.294. The third kappa shape index (κ3) is 7.19. The fourth-order valence-electron chi connectivity index (χ4n) is 2.55. The molecule has 0 heterocycles. The lowest BCUT2D eigenvalue weighted by molar-refractivity contribution is 0.177. The van der Waals surface area contributed by atoms with Gasteiger partial charge in [-0.15, -0.1) is 0 Å². The maximum atomic E-state index is 12.0. The second-order valence-corrected chi connectivity index (χ2v) is 6.45. The number of amides is 2. The predicted molar refractivity (Wildman–Crippen MR) is 111 cm³/mol. The van der Waals surface area contributed by atoms with E-state index in [-0.39, 0.29) is 6.03 Å². The topological polar surface area (TPSA) is 68.8 Å². The highest BCUT2D eigenvalue weighted by Gasteiger charge is 2.09. The van der Waals surface area contributed by atoms with Crippen LogP contribution in [0.3, 0.4) is 0 Å². The third-order valence-electron chi connectivity index (χ3n) is 3.77. The number of carbonyl (C=O) groups excluding carboxylic acids is 1. The van der Waals surface area contributed by atoms with Crippen molar-refractivity contribution in [3.8, 4) is 17.2 Å². The molecule has 2 rings (SSSR count). The molecule has 0 aromatic heterocycles. The first kappa shape index (κ1) is 21.7. The van der Waals surface area contributed by atoms with E-state index in [9.17, 15) is 4.79 Å². The molecular formula is C21H27ClN2O4. The molecule has 28 heavy (non-hydrogen) atoms. The second kappa shape index (κ2) is 11.3. The van der Waals surface area contributed by atoms with E-state index >= 15 is 0 Å². The number of halogens is 1. The highest BCUT2D eigenvalue weighted by molar-refractivity contribution is 6.30. The third-order valence-corrected chi connectivity index (χ3v) is 4.02. The van der Waals surface area contributed by atoms with E-state index < -0.39 is 6.23 Å². The van der Waals surface area contributed by atoms with Crippen LogP contribution in [0.5, 0.6) is 17.2 Å². The van der Waals surface area contributed by atoms with Crippen LogP contribution in [-0.2, 0) is 6.42 Å². The van der Waals surface area contributed by atoms with E-state index in [4.69, 9.17) is 25.8 Å². The average Bonchev–Trinajstić information content (AvgIpc) is 2.66. The fourth-order valence-corrected chi connectivity index (χ4v) is 2.68. The van der Waals surface area contributed by atoms with Crippen LogP contribution in [0.4, 0.5) is 4.79 Å². The monoisotopic (exact) mass is 406 g/mol. The number of hydrogen-bond acceptors (Lipinski definition) is 4. The molecule has 0 aliphatic heterocycles. The molecule has 2 aromatic carbocycles. The van der Waals surface area contributed by atoms with Crippen LogP contribution in [0.2, 0.25) is 5.02 Å². The van der Waals surface area contributed by atoms with Crippen LogP contribution in [0.25, 0.3) is 0 Å². The maximum Gasteiger partial charge on any atom is 0.317 e. The highest BCUT2D eigenvalue weighted by Crippen LogP contribution is 2.28. The molecule has 152 valence electrons. The van der Waals surface area contributed by atoms with E-state index in [2.05, 4.69) is 10.6 Å². The Morgan fingerprint density at radius 2 is 1.71 bits per heavy atom.